The van der Waals surface area contributed by atoms with Crippen molar-refractivity contribution in [2.24, 2.45) is 7.05 Å². The Bertz CT molecular complexity index is 912. The van der Waals surface area contributed by atoms with Gasteiger partial charge >= 0.3 is 0 Å². The molecule has 2 aromatic heterocycles. The summed E-state index contributed by atoms with van der Waals surface area (Å²) in [5, 5.41) is 6.31. The first-order valence-corrected chi connectivity index (χ1v) is 7.61. The number of aromatic nitrogens is 4. The zero-order chi connectivity index (χ0) is 18.1. The molecule has 8 heteroatoms. The highest BCUT2D eigenvalue weighted by Gasteiger charge is 2.18. The molecule has 0 unspecified atom stereocenters. The maximum absolute atomic E-state index is 12.7. The van der Waals surface area contributed by atoms with Gasteiger partial charge in [0.1, 0.15) is 11.4 Å². The first kappa shape index (κ1) is 16.8. The molecule has 3 aromatic rings. The summed E-state index contributed by atoms with van der Waals surface area (Å²) >= 11 is 0. The Balaban J connectivity index is 1.77. The zero-order valence-corrected chi connectivity index (χ0v) is 14.0. The zero-order valence-electron chi connectivity index (χ0n) is 14.0. The van der Waals surface area contributed by atoms with Crippen molar-refractivity contribution < 1.29 is 13.6 Å². The van der Waals surface area contributed by atoms with Gasteiger partial charge < -0.3 is 9.88 Å². The van der Waals surface area contributed by atoms with Crippen LogP contribution >= 0.6 is 0 Å². The highest BCUT2D eigenvalue weighted by molar-refractivity contribution is 6.03. The number of alkyl halides is 2. The molecular formula is C17H17F2N5O. The average molecular weight is 345 g/mol. The van der Waals surface area contributed by atoms with Crippen molar-refractivity contribution in [1.29, 1.82) is 0 Å². The molecule has 3 rings (SSSR count). The SMILES string of the molecule is Cc1ncn(-c2ccc(NC(=O)c3cc(C(F)F)nn3C)cc2)c1C. The van der Waals surface area contributed by atoms with Gasteiger partial charge in [-0.25, -0.2) is 13.8 Å². The van der Waals surface area contributed by atoms with Crippen LogP contribution < -0.4 is 5.32 Å². The Labute approximate surface area is 143 Å². The number of nitrogens with zero attached hydrogens (tertiary/aromatic N) is 4. The van der Waals surface area contributed by atoms with Crippen molar-refractivity contribution in [3.63, 3.8) is 0 Å². The molecule has 0 spiro atoms. The van der Waals surface area contributed by atoms with Crippen LogP contribution in [0, 0.1) is 13.8 Å². The molecule has 1 aromatic carbocycles. The summed E-state index contributed by atoms with van der Waals surface area (Å²) in [6.45, 7) is 3.91. The molecule has 0 aliphatic rings. The van der Waals surface area contributed by atoms with E-state index in [9.17, 15) is 13.6 Å². The van der Waals surface area contributed by atoms with E-state index in [1.165, 1.54) is 7.05 Å². The van der Waals surface area contributed by atoms with Crippen LogP contribution in [0.4, 0.5) is 14.5 Å². The maximum atomic E-state index is 12.7. The molecule has 0 radical (unpaired) electrons. The third-order valence-corrected chi connectivity index (χ3v) is 4.01. The first-order chi connectivity index (χ1) is 11.9. The number of carbonyl (C=O) groups is 1. The van der Waals surface area contributed by atoms with Gasteiger partial charge in [-0.2, -0.15) is 5.10 Å². The number of benzene rings is 1. The summed E-state index contributed by atoms with van der Waals surface area (Å²) in [4.78, 5) is 16.5. The Hall–Kier alpha value is -3.03. The second-order valence-electron chi connectivity index (χ2n) is 5.67. The summed E-state index contributed by atoms with van der Waals surface area (Å²) in [5.41, 5.74) is 3.10. The highest BCUT2D eigenvalue weighted by Crippen LogP contribution is 2.20. The number of carbonyl (C=O) groups excluding carboxylic acids is 1. The van der Waals surface area contributed by atoms with Crippen LogP contribution in [0.25, 0.3) is 5.69 Å². The maximum Gasteiger partial charge on any atom is 0.282 e. The van der Waals surface area contributed by atoms with E-state index in [2.05, 4.69) is 15.4 Å². The fourth-order valence-corrected chi connectivity index (χ4v) is 2.47. The molecule has 0 saturated heterocycles. The van der Waals surface area contributed by atoms with Gasteiger partial charge in [0, 0.05) is 24.1 Å². The number of imidazole rings is 1. The Morgan fingerprint density at radius 1 is 1.20 bits per heavy atom. The number of hydrogen-bond acceptors (Lipinski definition) is 3. The number of nitrogens with one attached hydrogen (secondary N) is 1. The third kappa shape index (κ3) is 3.28. The van der Waals surface area contributed by atoms with Gasteiger partial charge in [-0.05, 0) is 44.2 Å². The van der Waals surface area contributed by atoms with Crippen LogP contribution in [-0.2, 0) is 7.05 Å². The molecule has 0 aliphatic carbocycles. The average Bonchev–Trinajstić information content (AvgIpc) is 3.12. The van der Waals surface area contributed by atoms with Crippen molar-refractivity contribution in [3.8, 4) is 5.69 Å². The van der Waals surface area contributed by atoms with Crippen LogP contribution in [0.5, 0.6) is 0 Å². The number of halogens is 2. The van der Waals surface area contributed by atoms with E-state index in [0.29, 0.717) is 5.69 Å². The van der Waals surface area contributed by atoms with E-state index < -0.39 is 18.0 Å². The van der Waals surface area contributed by atoms with Crippen LogP contribution in [0.1, 0.15) is 34.0 Å². The minimum Gasteiger partial charge on any atom is -0.321 e. The number of amides is 1. The highest BCUT2D eigenvalue weighted by atomic mass is 19.3. The van der Waals surface area contributed by atoms with Crippen LogP contribution in [0.2, 0.25) is 0 Å². The Morgan fingerprint density at radius 2 is 1.88 bits per heavy atom. The van der Waals surface area contributed by atoms with Gasteiger partial charge in [-0.3, -0.25) is 9.48 Å². The van der Waals surface area contributed by atoms with Crippen molar-refractivity contribution in [1.82, 2.24) is 19.3 Å². The normalized spacial score (nSPS) is 11.1. The summed E-state index contributed by atoms with van der Waals surface area (Å²) < 4.78 is 28.4. The molecule has 0 fully saturated rings. The van der Waals surface area contributed by atoms with Gasteiger partial charge in [0.05, 0.1) is 12.0 Å². The predicted molar refractivity (Wildman–Crippen MR) is 89.2 cm³/mol. The summed E-state index contributed by atoms with van der Waals surface area (Å²) in [7, 11) is 1.45. The standard InChI is InChI=1S/C17H17F2N5O/c1-10-11(2)24(9-20-10)13-6-4-12(5-7-13)21-17(25)15-8-14(16(18)19)22-23(15)3/h4-9,16H,1-3H3,(H,21,25). The summed E-state index contributed by atoms with van der Waals surface area (Å²) in [6.07, 6.45) is -0.978. The van der Waals surface area contributed by atoms with E-state index in [4.69, 9.17) is 0 Å². The molecule has 0 atom stereocenters. The van der Waals surface area contributed by atoms with E-state index in [0.717, 1.165) is 27.8 Å². The molecule has 6 nitrogen and oxygen atoms in total. The van der Waals surface area contributed by atoms with Crippen molar-refractivity contribution in [3.05, 3.63) is 59.4 Å². The topological polar surface area (TPSA) is 64.7 Å². The third-order valence-electron chi connectivity index (χ3n) is 4.01. The summed E-state index contributed by atoms with van der Waals surface area (Å²) in [6, 6.07) is 8.26. The molecule has 0 saturated carbocycles. The first-order valence-electron chi connectivity index (χ1n) is 7.61. The van der Waals surface area contributed by atoms with Crippen LogP contribution in [0.3, 0.4) is 0 Å². The molecule has 2 heterocycles. The molecule has 25 heavy (non-hydrogen) atoms. The van der Waals surface area contributed by atoms with E-state index in [1.807, 2.05) is 30.5 Å². The van der Waals surface area contributed by atoms with Gasteiger partial charge in [0.2, 0.25) is 0 Å². The summed E-state index contributed by atoms with van der Waals surface area (Å²) in [5.74, 6) is -0.496. The molecule has 0 aliphatic heterocycles. The van der Waals surface area contributed by atoms with E-state index in [-0.39, 0.29) is 5.69 Å². The monoisotopic (exact) mass is 345 g/mol. The van der Waals surface area contributed by atoms with E-state index >= 15 is 0 Å². The lowest BCUT2D eigenvalue weighted by molar-refractivity contribution is 0.101. The van der Waals surface area contributed by atoms with Crippen molar-refractivity contribution >= 4 is 11.6 Å². The van der Waals surface area contributed by atoms with Crippen LogP contribution in [0.15, 0.2) is 36.7 Å². The van der Waals surface area contributed by atoms with Gasteiger partial charge in [0.25, 0.3) is 12.3 Å². The van der Waals surface area contributed by atoms with Crippen molar-refractivity contribution in [2.45, 2.75) is 20.3 Å². The Kier molecular flexibility index (Phi) is 4.35. The van der Waals surface area contributed by atoms with E-state index in [1.54, 1.807) is 18.5 Å². The lowest BCUT2D eigenvalue weighted by atomic mass is 10.2. The minimum absolute atomic E-state index is 0.0699. The van der Waals surface area contributed by atoms with Gasteiger partial charge in [-0.1, -0.05) is 0 Å². The van der Waals surface area contributed by atoms with Gasteiger partial charge in [-0.15, -0.1) is 0 Å². The lowest BCUT2D eigenvalue weighted by Gasteiger charge is -2.08. The second-order valence-corrected chi connectivity index (χ2v) is 5.67. The fraction of sp³-hybridized carbons (Fsp3) is 0.235. The van der Waals surface area contributed by atoms with Crippen LogP contribution in [-0.4, -0.2) is 25.2 Å². The van der Waals surface area contributed by atoms with Crippen molar-refractivity contribution in [2.75, 3.05) is 5.32 Å². The largest absolute Gasteiger partial charge is 0.321 e. The molecular weight excluding hydrogens is 328 g/mol. The lowest BCUT2D eigenvalue weighted by Crippen LogP contribution is -2.16. The molecule has 1 N–H and O–H groups in total. The van der Waals surface area contributed by atoms with Gasteiger partial charge in [0.15, 0.2) is 0 Å². The molecule has 130 valence electrons. The second kappa shape index (κ2) is 6.46. The smallest absolute Gasteiger partial charge is 0.282 e. The molecule has 0 bridgehead atoms. The number of hydrogen-bond donors (Lipinski definition) is 1. The number of anilines is 1. The number of aryl methyl sites for hydroxylation is 2. The Morgan fingerprint density at radius 3 is 2.40 bits per heavy atom. The number of rotatable bonds is 4. The molecule has 1 amide bonds. The predicted octanol–water partition coefficient (Wildman–Crippen LogP) is 3.41. The fourth-order valence-electron chi connectivity index (χ4n) is 2.47. The quantitative estimate of drug-likeness (QED) is 0.788. The minimum atomic E-state index is -2.71.